The van der Waals surface area contributed by atoms with Crippen molar-refractivity contribution in [3.8, 4) is 0 Å². The Balaban J connectivity index is 1.55. The van der Waals surface area contributed by atoms with E-state index in [1.54, 1.807) is 60.7 Å². The Morgan fingerprint density at radius 2 is 1.49 bits per heavy atom. The number of carbonyl (C=O) groups excluding carboxylic acids is 3. The van der Waals surface area contributed by atoms with Gasteiger partial charge in [-0.25, -0.2) is 0 Å². The maximum atomic E-state index is 14.6. The van der Waals surface area contributed by atoms with Crippen molar-refractivity contribution in [3.05, 3.63) is 147 Å². The molecule has 41 heavy (non-hydrogen) atoms. The van der Waals surface area contributed by atoms with Gasteiger partial charge in [-0.1, -0.05) is 91.0 Å². The Hall–Kier alpha value is -5.17. The smallest absolute Gasteiger partial charge is 0.269 e. The molecule has 4 aromatic carbocycles. The van der Waals surface area contributed by atoms with Gasteiger partial charge in [-0.2, -0.15) is 0 Å². The van der Waals surface area contributed by atoms with Crippen LogP contribution in [-0.4, -0.2) is 34.4 Å². The summed E-state index contributed by atoms with van der Waals surface area (Å²) in [6.45, 7) is 1.96. The predicted octanol–water partition coefficient (Wildman–Crippen LogP) is 6.22. The quantitative estimate of drug-likeness (QED) is 0.132. The summed E-state index contributed by atoms with van der Waals surface area (Å²) in [5.74, 6) is -1.80. The van der Waals surface area contributed by atoms with Crippen LogP contribution in [0.5, 0.6) is 0 Å². The lowest BCUT2D eigenvalue weighted by Crippen LogP contribution is -2.48. The molecular weight excluding hydrogens is 516 g/mol. The number of nitro groups is 1. The lowest BCUT2D eigenvalue weighted by Gasteiger charge is -2.37. The van der Waals surface area contributed by atoms with Crippen LogP contribution in [0.2, 0.25) is 0 Å². The maximum Gasteiger partial charge on any atom is 0.269 e. The molecule has 0 aromatic heterocycles. The van der Waals surface area contributed by atoms with E-state index in [2.05, 4.69) is 0 Å². The first kappa shape index (κ1) is 24.8. The third kappa shape index (κ3) is 3.35. The number of fused-ring (bicyclic) bond motifs is 5. The highest BCUT2D eigenvalue weighted by atomic mass is 16.6. The van der Waals surface area contributed by atoms with E-state index in [0.29, 0.717) is 22.3 Å². The molecule has 0 bridgehead atoms. The molecule has 0 unspecified atom stereocenters. The Morgan fingerprint density at radius 3 is 2.12 bits per heavy atom. The first-order valence-corrected chi connectivity index (χ1v) is 13.4. The molecule has 2 aliphatic heterocycles. The van der Waals surface area contributed by atoms with Crippen molar-refractivity contribution in [1.29, 1.82) is 0 Å². The van der Waals surface area contributed by atoms with Gasteiger partial charge in [0.2, 0.25) is 0 Å². The highest BCUT2D eigenvalue weighted by Gasteiger charge is 2.71. The summed E-state index contributed by atoms with van der Waals surface area (Å²) in [6, 6.07) is 25.8. The van der Waals surface area contributed by atoms with Gasteiger partial charge in [-0.05, 0) is 29.7 Å². The second kappa shape index (κ2) is 8.93. The highest BCUT2D eigenvalue weighted by Crippen LogP contribution is 2.61. The number of benzene rings is 4. The average Bonchev–Trinajstić information content (AvgIpc) is 3.43. The van der Waals surface area contributed by atoms with Gasteiger partial charge in [0.25, 0.3) is 5.69 Å². The van der Waals surface area contributed by atoms with Crippen molar-refractivity contribution in [3.63, 3.8) is 0 Å². The Morgan fingerprint density at radius 1 is 0.854 bits per heavy atom. The number of hydrogen-bond acceptors (Lipinski definition) is 6. The van der Waals surface area contributed by atoms with Crippen LogP contribution in [0.25, 0.3) is 6.08 Å². The molecular formula is C34H24N2O5. The van der Waals surface area contributed by atoms with Crippen LogP contribution in [0.15, 0.2) is 103 Å². The zero-order chi connectivity index (χ0) is 28.5. The summed E-state index contributed by atoms with van der Waals surface area (Å²) in [7, 11) is 0. The van der Waals surface area contributed by atoms with Crippen LogP contribution in [0.4, 0.5) is 11.4 Å². The number of rotatable bonds is 4. The van der Waals surface area contributed by atoms with Crippen molar-refractivity contribution < 1.29 is 19.3 Å². The molecule has 0 radical (unpaired) electrons. The molecule has 7 nitrogen and oxygen atoms in total. The van der Waals surface area contributed by atoms with E-state index in [1.807, 2.05) is 48.2 Å². The van der Waals surface area contributed by atoms with E-state index >= 15 is 0 Å². The summed E-state index contributed by atoms with van der Waals surface area (Å²) in [5.41, 5.74) is 2.52. The van der Waals surface area contributed by atoms with E-state index < -0.39 is 28.3 Å². The molecule has 200 valence electrons. The largest absolute Gasteiger partial charge is 0.352 e. The Kier molecular flexibility index (Phi) is 5.41. The molecule has 1 saturated heterocycles. The number of non-ortho nitro benzene ring substituents is 1. The van der Waals surface area contributed by atoms with Crippen molar-refractivity contribution in [2.24, 2.45) is 5.41 Å². The Labute approximate surface area is 235 Å². The summed E-state index contributed by atoms with van der Waals surface area (Å²) in [4.78, 5) is 56.8. The van der Waals surface area contributed by atoms with E-state index in [0.717, 1.165) is 16.8 Å². The molecule has 7 rings (SSSR count). The summed E-state index contributed by atoms with van der Waals surface area (Å²) < 4.78 is 0. The first-order valence-electron chi connectivity index (χ1n) is 13.4. The topological polar surface area (TPSA) is 97.6 Å². The van der Waals surface area contributed by atoms with Gasteiger partial charge in [0, 0.05) is 40.4 Å². The maximum absolute atomic E-state index is 14.6. The number of Topliss-reactive ketones (excluding diaryl/α,β-unsaturated/α-hetero) is 3. The Bertz CT molecular complexity index is 1770. The third-order valence-corrected chi connectivity index (χ3v) is 8.75. The molecule has 1 spiro atoms. The SMILES string of the molecule is Cc1ccc2c(c1)N1[C@H](C(=O)c3ccccc3)[C@H](c3ccc([N+](=O)[O-])cc3)C3(C(=O)c4ccccc4C3=O)[C@@H]1C=C2. The lowest BCUT2D eigenvalue weighted by atomic mass is 9.64. The van der Waals surface area contributed by atoms with Gasteiger partial charge >= 0.3 is 0 Å². The molecule has 1 aliphatic carbocycles. The molecule has 2 heterocycles. The predicted molar refractivity (Wildman–Crippen MR) is 154 cm³/mol. The fourth-order valence-electron chi connectivity index (χ4n) is 7.02. The molecule has 4 aromatic rings. The number of anilines is 1. The number of ketones is 3. The van der Waals surface area contributed by atoms with Gasteiger partial charge in [0.15, 0.2) is 17.3 Å². The zero-order valence-electron chi connectivity index (χ0n) is 22.1. The number of nitrogens with zero attached hydrogens (tertiary/aromatic N) is 2. The van der Waals surface area contributed by atoms with Crippen LogP contribution in [-0.2, 0) is 0 Å². The van der Waals surface area contributed by atoms with E-state index in [-0.39, 0.29) is 23.0 Å². The van der Waals surface area contributed by atoms with E-state index in [9.17, 15) is 24.5 Å². The van der Waals surface area contributed by atoms with Gasteiger partial charge < -0.3 is 4.90 Å². The summed E-state index contributed by atoms with van der Waals surface area (Å²) in [6.07, 6.45) is 3.79. The molecule has 1 fully saturated rings. The standard InChI is InChI=1S/C34H24N2O5/c1-20-11-12-21-15-18-28-34(32(38)25-9-5-6-10-26(25)33(34)39)29(22-13-16-24(17-14-22)36(40)41)30(35(28)27(21)19-20)31(37)23-7-3-2-4-8-23/h2-19,28-30H,1H3/t28-,29-,30-/m0/s1. The molecule has 3 atom stereocenters. The number of carbonyl (C=O) groups is 3. The highest BCUT2D eigenvalue weighted by molar-refractivity contribution is 6.32. The molecule has 0 saturated carbocycles. The van der Waals surface area contributed by atoms with Gasteiger partial charge in [-0.15, -0.1) is 0 Å². The summed E-state index contributed by atoms with van der Waals surface area (Å²) in [5, 5.41) is 11.5. The van der Waals surface area contributed by atoms with Crippen molar-refractivity contribution in [2.75, 3.05) is 4.90 Å². The zero-order valence-corrected chi connectivity index (χ0v) is 22.1. The average molecular weight is 541 g/mol. The van der Waals surface area contributed by atoms with Crippen LogP contribution in [0.1, 0.15) is 53.7 Å². The van der Waals surface area contributed by atoms with Crippen LogP contribution in [0, 0.1) is 22.5 Å². The second-order valence-corrected chi connectivity index (χ2v) is 10.8. The first-order chi connectivity index (χ1) is 19.8. The van der Waals surface area contributed by atoms with Gasteiger partial charge in [0.1, 0.15) is 11.5 Å². The second-order valence-electron chi connectivity index (χ2n) is 10.8. The van der Waals surface area contributed by atoms with Gasteiger partial charge in [-0.3, -0.25) is 24.5 Å². The molecule has 0 N–H and O–H groups in total. The van der Waals surface area contributed by atoms with Crippen molar-refractivity contribution in [2.45, 2.75) is 24.9 Å². The van der Waals surface area contributed by atoms with Gasteiger partial charge in [0.05, 0.1) is 11.0 Å². The molecule has 3 aliphatic rings. The van der Waals surface area contributed by atoms with E-state index in [4.69, 9.17) is 0 Å². The van der Waals surface area contributed by atoms with Crippen molar-refractivity contribution >= 4 is 34.8 Å². The summed E-state index contributed by atoms with van der Waals surface area (Å²) >= 11 is 0. The minimum absolute atomic E-state index is 0.113. The number of hydrogen-bond donors (Lipinski definition) is 0. The monoisotopic (exact) mass is 540 g/mol. The normalized spacial score (nSPS) is 21.5. The lowest BCUT2D eigenvalue weighted by molar-refractivity contribution is -0.384. The minimum atomic E-state index is -1.65. The van der Waals surface area contributed by atoms with Crippen molar-refractivity contribution in [1.82, 2.24) is 0 Å². The van der Waals surface area contributed by atoms with E-state index in [1.165, 1.54) is 12.1 Å². The fourth-order valence-corrected chi connectivity index (χ4v) is 7.02. The van der Waals surface area contributed by atoms with Crippen LogP contribution in [0.3, 0.4) is 0 Å². The number of aryl methyl sites for hydroxylation is 1. The van der Waals surface area contributed by atoms with Crippen LogP contribution < -0.4 is 4.90 Å². The molecule has 0 amide bonds. The minimum Gasteiger partial charge on any atom is -0.352 e. The molecule has 7 heteroatoms. The fraction of sp³-hybridized carbons (Fsp3) is 0.147. The van der Waals surface area contributed by atoms with Crippen LogP contribution >= 0.6 is 0 Å². The third-order valence-electron chi connectivity index (χ3n) is 8.75. The number of nitro benzene ring substituents is 1.